The van der Waals surface area contributed by atoms with Gasteiger partial charge in [-0.2, -0.15) is 0 Å². The first-order chi connectivity index (χ1) is 17.8. The van der Waals surface area contributed by atoms with E-state index in [0.29, 0.717) is 44.6 Å². The molecule has 5 aliphatic rings. The number of piperidine rings is 1. The van der Waals surface area contributed by atoms with E-state index >= 15 is 0 Å². The van der Waals surface area contributed by atoms with Gasteiger partial charge in [0.05, 0.1) is 33.7 Å². The lowest BCUT2D eigenvalue weighted by Crippen LogP contribution is -2.62. The van der Waals surface area contributed by atoms with Crippen LogP contribution in [0.5, 0.6) is 0 Å². The maximum Gasteiger partial charge on any atom is 0.222 e. The first kappa shape index (κ1) is 28.8. The fourth-order valence-corrected chi connectivity index (χ4v) is 11.1. The summed E-state index contributed by atoms with van der Waals surface area (Å²) in [5.74, 6) is 1.33. The monoisotopic (exact) mass is 554 g/mol. The molecule has 12 atom stereocenters. The van der Waals surface area contributed by atoms with Crippen molar-refractivity contribution >= 4 is 16.0 Å². The van der Waals surface area contributed by atoms with Gasteiger partial charge in [-0.3, -0.25) is 4.79 Å². The predicted molar refractivity (Wildman–Crippen MR) is 142 cm³/mol. The van der Waals surface area contributed by atoms with E-state index in [9.17, 15) is 33.1 Å². The number of rotatable bonds is 5. The van der Waals surface area contributed by atoms with Crippen LogP contribution in [0.2, 0.25) is 0 Å². The second-order valence-corrected chi connectivity index (χ2v) is 15.8. The standard InChI is InChI=1S/C29H49NO7S/c1-17(6-9-26(34)30-12-4-5-20(16-30)38(35,36)37)21-7-8-22-27-23(15-25(33)29(21,22)3)28(2)11-10-19(31)13-18(28)14-24(27)32/h17-25,27,31-33H,4-16H2,1-3H3,(H,35,36,37)/p-1/t17-,18+,19-,20-,21-,22+,23+,24-,25+,27+,28+,29-/m1/s1. The summed E-state index contributed by atoms with van der Waals surface area (Å²) >= 11 is 0. The van der Waals surface area contributed by atoms with Gasteiger partial charge in [0.25, 0.3) is 0 Å². The summed E-state index contributed by atoms with van der Waals surface area (Å²) in [7, 11) is -4.40. The maximum absolute atomic E-state index is 13.0. The molecule has 1 aliphatic heterocycles. The average molecular weight is 555 g/mol. The van der Waals surface area contributed by atoms with Crippen LogP contribution in [0, 0.1) is 46.3 Å². The number of aliphatic hydroxyl groups is 3. The molecule has 3 N–H and O–H groups in total. The molecule has 5 fully saturated rings. The minimum Gasteiger partial charge on any atom is -0.748 e. The first-order valence-corrected chi connectivity index (χ1v) is 16.5. The third kappa shape index (κ3) is 4.76. The number of hydrogen-bond donors (Lipinski definition) is 3. The zero-order chi connectivity index (χ0) is 27.6. The first-order valence-electron chi connectivity index (χ1n) is 15.0. The van der Waals surface area contributed by atoms with Gasteiger partial charge in [-0.05, 0) is 111 Å². The molecule has 1 heterocycles. The third-order valence-electron chi connectivity index (χ3n) is 12.5. The quantitative estimate of drug-likeness (QED) is 0.444. The van der Waals surface area contributed by atoms with Crippen molar-refractivity contribution in [1.29, 1.82) is 0 Å². The number of hydrogen-bond acceptors (Lipinski definition) is 7. The number of nitrogens with zero attached hydrogens (tertiary/aromatic N) is 1. The molecule has 5 rings (SSSR count). The van der Waals surface area contributed by atoms with Gasteiger partial charge in [0, 0.05) is 19.5 Å². The van der Waals surface area contributed by atoms with Crippen molar-refractivity contribution in [2.45, 2.75) is 115 Å². The molecule has 4 saturated carbocycles. The Kier molecular flexibility index (Phi) is 7.78. The Bertz CT molecular complexity index is 1000. The minimum atomic E-state index is -4.40. The van der Waals surface area contributed by atoms with Crippen LogP contribution in [0.15, 0.2) is 0 Å². The number of likely N-dealkylation sites (tertiary alicyclic amines) is 1. The zero-order valence-electron chi connectivity index (χ0n) is 23.3. The van der Waals surface area contributed by atoms with Crippen LogP contribution in [0.3, 0.4) is 0 Å². The number of fused-ring (bicyclic) bond motifs is 5. The molecule has 0 aromatic rings. The van der Waals surface area contributed by atoms with Crippen LogP contribution in [-0.4, -0.2) is 75.7 Å². The lowest BCUT2D eigenvalue weighted by Gasteiger charge is -2.63. The second kappa shape index (κ2) is 10.3. The Morgan fingerprint density at radius 1 is 1.05 bits per heavy atom. The van der Waals surface area contributed by atoms with Crippen molar-refractivity contribution in [1.82, 2.24) is 4.90 Å². The van der Waals surface area contributed by atoms with Gasteiger partial charge in [0.2, 0.25) is 5.91 Å². The summed E-state index contributed by atoms with van der Waals surface area (Å²) in [5, 5.41) is 32.5. The fourth-order valence-electron chi connectivity index (χ4n) is 10.2. The number of aliphatic hydroxyl groups excluding tert-OH is 3. The Balaban J connectivity index is 1.26. The average Bonchev–Trinajstić information content (AvgIpc) is 3.22. The Labute approximate surface area is 228 Å². The van der Waals surface area contributed by atoms with E-state index in [-0.39, 0.29) is 59.0 Å². The van der Waals surface area contributed by atoms with Crippen molar-refractivity contribution in [3.8, 4) is 0 Å². The normalized spacial score (nSPS) is 48.1. The van der Waals surface area contributed by atoms with E-state index in [4.69, 9.17) is 0 Å². The summed E-state index contributed by atoms with van der Waals surface area (Å²) in [6, 6.07) is 0. The molecule has 0 aromatic carbocycles. The lowest BCUT2D eigenvalue weighted by atomic mass is 9.43. The highest BCUT2D eigenvalue weighted by atomic mass is 32.2. The summed E-state index contributed by atoms with van der Waals surface area (Å²) < 4.78 is 34.5. The third-order valence-corrected chi connectivity index (χ3v) is 13.7. The van der Waals surface area contributed by atoms with E-state index in [0.717, 1.165) is 38.5 Å². The molecule has 0 aromatic heterocycles. The Morgan fingerprint density at radius 2 is 1.79 bits per heavy atom. The van der Waals surface area contributed by atoms with Crippen LogP contribution in [0.1, 0.15) is 91.4 Å². The SMILES string of the molecule is C[C@H](CCC(=O)N1CCC[C@@H](S(=O)(=O)[O-])C1)[C@H]1CC[C@H]2[C@@H]3[C@H](O)C[C@@H]4C[C@H](O)CC[C@]4(C)[C@H]3C[C@H](O)[C@]12C. The van der Waals surface area contributed by atoms with Gasteiger partial charge in [-0.15, -0.1) is 0 Å². The molecule has 218 valence electrons. The molecule has 1 amide bonds. The number of carbonyl (C=O) groups excluding carboxylic acids is 1. The van der Waals surface area contributed by atoms with E-state index in [2.05, 4.69) is 20.8 Å². The van der Waals surface area contributed by atoms with Crippen molar-refractivity contribution in [2.24, 2.45) is 46.3 Å². The summed E-state index contributed by atoms with van der Waals surface area (Å²) in [4.78, 5) is 14.5. The minimum absolute atomic E-state index is 0.00126. The van der Waals surface area contributed by atoms with E-state index in [1.165, 1.54) is 0 Å². The second-order valence-electron chi connectivity index (χ2n) is 14.1. The topological polar surface area (TPSA) is 138 Å². The highest BCUT2D eigenvalue weighted by molar-refractivity contribution is 7.86. The Morgan fingerprint density at radius 3 is 2.50 bits per heavy atom. The van der Waals surface area contributed by atoms with E-state index in [1.54, 1.807) is 4.90 Å². The molecular formula is C29H48NO7S-. The highest BCUT2D eigenvalue weighted by Gasteiger charge is 2.65. The van der Waals surface area contributed by atoms with Gasteiger partial charge in [0.1, 0.15) is 0 Å². The van der Waals surface area contributed by atoms with Crippen LogP contribution < -0.4 is 0 Å². The Hall–Kier alpha value is -0.740. The van der Waals surface area contributed by atoms with Crippen LogP contribution in [0.4, 0.5) is 0 Å². The fraction of sp³-hybridized carbons (Fsp3) is 0.966. The summed E-state index contributed by atoms with van der Waals surface area (Å²) in [5.41, 5.74) is -0.264. The smallest absolute Gasteiger partial charge is 0.222 e. The number of carbonyl (C=O) groups is 1. The largest absolute Gasteiger partial charge is 0.748 e. The van der Waals surface area contributed by atoms with E-state index < -0.39 is 27.6 Å². The molecule has 0 radical (unpaired) electrons. The van der Waals surface area contributed by atoms with Gasteiger partial charge in [-0.25, -0.2) is 8.42 Å². The van der Waals surface area contributed by atoms with Gasteiger partial charge >= 0.3 is 0 Å². The van der Waals surface area contributed by atoms with Gasteiger partial charge in [-0.1, -0.05) is 20.8 Å². The molecule has 38 heavy (non-hydrogen) atoms. The predicted octanol–water partition coefficient (Wildman–Crippen LogP) is 2.90. The molecular weight excluding hydrogens is 506 g/mol. The van der Waals surface area contributed by atoms with Gasteiger partial charge in [0.15, 0.2) is 0 Å². The molecule has 0 spiro atoms. The van der Waals surface area contributed by atoms with Crippen molar-refractivity contribution < 1.29 is 33.1 Å². The molecule has 8 nitrogen and oxygen atoms in total. The van der Waals surface area contributed by atoms with Crippen LogP contribution in [-0.2, 0) is 14.9 Å². The highest BCUT2D eigenvalue weighted by Crippen LogP contribution is 2.68. The molecule has 9 heteroatoms. The van der Waals surface area contributed by atoms with Gasteiger partial charge < -0.3 is 24.8 Å². The molecule has 0 bridgehead atoms. The van der Waals surface area contributed by atoms with Crippen LogP contribution >= 0.6 is 0 Å². The molecule has 0 unspecified atom stereocenters. The lowest BCUT2D eigenvalue weighted by molar-refractivity contribution is -0.207. The summed E-state index contributed by atoms with van der Waals surface area (Å²) in [6.07, 6.45) is 6.58. The van der Waals surface area contributed by atoms with Crippen molar-refractivity contribution in [3.05, 3.63) is 0 Å². The number of amides is 1. The van der Waals surface area contributed by atoms with Crippen molar-refractivity contribution in [3.63, 3.8) is 0 Å². The van der Waals surface area contributed by atoms with Crippen LogP contribution in [0.25, 0.3) is 0 Å². The molecule has 4 aliphatic carbocycles. The zero-order valence-corrected chi connectivity index (χ0v) is 24.1. The van der Waals surface area contributed by atoms with E-state index in [1.807, 2.05) is 0 Å². The van der Waals surface area contributed by atoms with Crippen molar-refractivity contribution in [2.75, 3.05) is 13.1 Å². The summed E-state index contributed by atoms with van der Waals surface area (Å²) in [6.45, 7) is 7.22. The molecule has 1 saturated heterocycles. The maximum atomic E-state index is 13.0.